The van der Waals surface area contributed by atoms with Crippen LogP contribution in [0.1, 0.15) is 189 Å². The lowest BCUT2D eigenvalue weighted by atomic mass is 9.96. The van der Waals surface area contributed by atoms with Crippen LogP contribution in [-0.2, 0) is 118 Å². The highest BCUT2D eigenvalue weighted by Crippen LogP contribution is 2.26. The zero-order valence-corrected chi connectivity index (χ0v) is 80.9. The Morgan fingerprint density at radius 3 is 1.24 bits per heavy atom. The summed E-state index contributed by atoms with van der Waals surface area (Å²) in [6, 6.07) is -9.25. The number of rotatable bonds is 36. The molecule has 4 aliphatic rings. The van der Waals surface area contributed by atoms with E-state index in [1.165, 1.54) is 14.2 Å². The van der Waals surface area contributed by atoms with Crippen LogP contribution >= 0.6 is 23.5 Å². The van der Waals surface area contributed by atoms with Crippen LogP contribution in [0.3, 0.4) is 0 Å². The zero-order valence-electron chi connectivity index (χ0n) is 84.3. The molecule has 4 fully saturated rings. The van der Waals surface area contributed by atoms with E-state index < -0.39 is 309 Å². The summed E-state index contributed by atoms with van der Waals surface area (Å²) in [6.45, 7) is 9.96. The monoisotopic (exact) mass is 1980 g/mol. The van der Waals surface area contributed by atoms with Crippen LogP contribution in [0.4, 0.5) is 0 Å². The summed E-state index contributed by atoms with van der Waals surface area (Å²) in [4.78, 5) is 297. The van der Waals surface area contributed by atoms with Crippen molar-refractivity contribution in [2.75, 3.05) is 63.3 Å². The molecule has 0 aromatic heterocycles. The fourth-order valence-corrected chi connectivity index (χ4v) is 16.4. The fourth-order valence-electron chi connectivity index (χ4n) is 14.7. The third kappa shape index (κ3) is 39.7. The summed E-state index contributed by atoms with van der Waals surface area (Å²) >= 11 is 1.54. The number of thioether (sulfide) groups is 2. The van der Waals surface area contributed by atoms with Gasteiger partial charge in [-0.1, -0.05) is 92.5 Å². The molecular weight excluding hydrogens is 1840 g/mol. The van der Waals surface area contributed by atoms with Crippen molar-refractivity contribution < 1.29 is 122 Å². The lowest BCUT2D eigenvalue weighted by Gasteiger charge is -2.31. The molecule has 4 aliphatic heterocycles. The number of nitrogens with one attached hydrogen (secondary N) is 14. The second kappa shape index (κ2) is 58.6. The molecular formula is C90H138N22O24S2. The molecule has 2 aromatic carbocycles. The summed E-state index contributed by atoms with van der Waals surface area (Å²) < 4.78 is 55.8. The number of methoxy groups -OCH3 is 2. The molecule has 48 heteroatoms. The second-order valence-electron chi connectivity index (χ2n) is 34.6. The van der Waals surface area contributed by atoms with Crippen molar-refractivity contribution in [3.63, 3.8) is 0 Å². The minimum absolute atomic E-state index is 0.00436. The summed E-state index contributed by atoms with van der Waals surface area (Å²) in [5, 5.41) is 34.9. The normalized spacial score (nSPS) is 25.0. The minimum atomic E-state index is -2.73. The van der Waals surface area contributed by atoms with Crippen LogP contribution < -0.4 is 118 Å². The summed E-state index contributed by atoms with van der Waals surface area (Å²) in [5.41, 5.74) is 30.7. The van der Waals surface area contributed by atoms with Crippen molar-refractivity contribution >= 4 is 153 Å². The summed E-state index contributed by atoms with van der Waals surface area (Å²) in [7, 11) is 2.96. The minimum Gasteiger partial charge on any atom is -0.497 e. The number of benzene rings is 2. The Hall–Kier alpha value is -12.9. The molecule has 22 amide bonds. The van der Waals surface area contributed by atoms with Crippen molar-refractivity contribution in [3.8, 4) is 11.5 Å². The highest BCUT2D eigenvalue weighted by atomic mass is 32.2. The number of nitrogens with zero attached hydrogens (tertiary/aromatic N) is 2. The Labute approximate surface area is 816 Å². The molecule has 0 spiro atoms. The highest BCUT2D eigenvalue weighted by Gasteiger charge is 2.45. The molecule has 4 heterocycles. The Bertz CT molecular complexity index is 4880. The molecule has 138 heavy (non-hydrogen) atoms. The van der Waals surface area contributed by atoms with Gasteiger partial charge in [0.2, 0.25) is 130 Å². The number of hydrogen-bond acceptors (Lipinski definition) is 26. The Morgan fingerprint density at radius 2 is 0.841 bits per heavy atom. The van der Waals surface area contributed by atoms with E-state index in [2.05, 4.69) is 74.4 Å². The topological polar surface area (TPSA) is 725 Å². The lowest BCUT2D eigenvalue weighted by molar-refractivity contribution is -0.142. The number of hydrogen-bond donors (Lipinski definition) is 20. The van der Waals surface area contributed by atoms with E-state index in [0.29, 0.717) is 52.1 Å². The molecule has 16 unspecified atom stereocenters. The van der Waals surface area contributed by atoms with Crippen LogP contribution in [0.5, 0.6) is 11.5 Å². The predicted molar refractivity (Wildman–Crippen MR) is 506 cm³/mol. The zero-order chi connectivity index (χ0) is 107. The predicted octanol–water partition coefficient (Wildman–Crippen LogP) is -5.00. The Kier molecular flexibility index (Phi) is 45.5. The van der Waals surface area contributed by atoms with Gasteiger partial charge in [0, 0.05) is 68.5 Å². The molecule has 0 radical (unpaired) electrons. The lowest BCUT2D eigenvalue weighted by Crippen LogP contribution is -2.61. The van der Waals surface area contributed by atoms with E-state index in [4.69, 9.17) is 49.4 Å². The number of amides is 22. The third-order valence-corrected chi connectivity index (χ3v) is 24.6. The van der Waals surface area contributed by atoms with Gasteiger partial charge < -0.3 is 128 Å². The van der Waals surface area contributed by atoms with Crippen molar-refractivity contribution in [1.82, 2.24) is 84.2 Å². The number of carbonyl (C=O) groups excluding carboxylic acids is 22. The van der Waals surface area contributed by atoms with Crippen molar-refractivity contribution in [3.05, 3.63) is 59.7 Å². The smallest absolute Gasteiger partial charge is 0.246 e. The standard InChI is InChI=1S/2C45H69N11O12S/c2*1-6-25(4)38-44(66)51-28(15-16-34(46)57)40(62)52-31(21-35(47)58)41(63)54-32(23-69-18-8-10-37(60)50-30(42(64)55-38)20-26-11-13-27(68-5)14-12-26)45(67)56-17-7-9-33(56)43(65)53-29(19-24(2)3)39(61)49-22-36(48)59/h2*11-14,24-25,28-33,38H,6-10,15-23H2,1-5H3,(H2,46,57)(H2,47,58)(H2,48,59)(H,49,61)(H,50,60)(H,51,66)(H,52,62)(H,53,65)(H,54,63)(H,55,64)/i17D2,33D;23D2. The Morgan fingerprint density at radius 1 is 0.449 bits per heavy atom. The van der Waals surface area contributed by atoms with Crippen LogP contribution in [-0.4, -0.2) is 288 Å². The first kappa shape index (κ1) is 107. The van der Waals surface area contributed by atoms with Crippen molar-refractivity contribution in [2.45, 2.75) is 268 Å². The van der Waals surface area contributed by atoms with Gasteiger partial charge in [0.25, 0.3) is 0 Å². The molecule has 16 atom stereocenters. The summed E-state index contributed by atoms with van der Waals surface area (Å²) in [6.07, 6.45) is -3.97. The van der Waals surface area contributed by atoms with Gasteiger partial charge in [0.1, 0.15) is 96.1 Å². The maximum atomic E-state index is 14.7. The van der Waals surface area contributed by atoms with Gasteiger partial charge >= 0.3 is 0 Å². The van der Waals surface area contributed by atoms with E-state index >= 15 is 0 Å². The number of carbonyl (C=O) groups is 22. The highest BCUT2D eigenvalue weighted by molar-refractivity contribution is 7.99. The largest absolute Gasteiger partial charge is 0.497 e. The number of primary amides is 6. The molecule has 6 rings (SSSR count). The van der Waals surface area contributed by atoms with Gasteiger partial charge in [-0.15, -0.1) is 0 Å². The average molecular weight is 1980 g/mol. The quantitative estimate of drug-likeness (QED) is 0.0304. The van der Waals surface area contributed by atoms with Crippen molar-refractivity contribution in [1.29, 1.82) is 0 Å². The fraction of sp³-hybridized carbons (Fsp3) is 0.622. The average Bonchev–Trinajstić information content (AvgIpc) is 1.59. The third-order valence-electron chi connectivity index (χ3n) is 22.5. The van der Waals surface area contributed by atoms with E-state index in [0.717, 1.165) is 16.7 Å². The van der Waals surface area contributed by atoms with E-state index in [1.54, 1.807) is 104 Å². The van der Waals surface area contributed by atoms with Crippen molar-refractivity contribution in [2.24, 2.45) is 58.1 Å². The van der Waals surface area contributed by atoms with Gasteiger partial charge in [0.05, 0.1) is 41.5 Å². The Balaban J connectivity index is 0.000000504. The van der Waals surface area contributed by atoms with E-state index in [9.17, 15) is 107 Å². The van der Waals surface area contributed by atoms with Gasteiger partial charge in [0.15, 0.2) is 0 Å². The first-order valence-electron chi connectivity index (χ1n) is 48.1. The second-order valence-corrected chi connectivity index (χ2v) is 36.7. The van der Waals surface area contributed by atoms with E-state index in [-0.39, 0.29) is 94.1 Å². The first-order valence-corrected chi connectivity index (χ1v) is 47.7. The van der Waals surface area contributed by atoms with Crippen LogP contribution in [0.25, 0.3) is 0 Å². The van der Waals surface area contributed by atoms with Gasteiger partial charge in [-0.05, 0) is 135 Å². The molecule has 0 bridgehead atoms. The maximum Gasteiger partial charge on any atom is 0.246 e. The van der Waals surface area contributed by atoms with Crippen LogP contribution in [0.2, 0.25) is 0 Å². The summed E-state index contributed by atoms with van der Waals surface area (Å²) in [5.74, 6) is -21.7. The number of nitrogens with two attached hydrogens (primary N) is 6. The van der Waals surface area contributed by atoms with Crippen LogP contribution in [0.15, 0.2) is 48.5 Å². The molecule has 2 aromatic rings. The van der Waals surface area contributed by atoms with Gasteiger partial charge in [-0.2, -0.15) is 23.5 Å². The molecule has 0 saturated carbocycles. The molecule has 46 nitrogen and oxygen atoms in total. The van der Waals surface area contributed by atoms with E-state index in [1.807, 2.05) is 0 Å². The molecule has 4 saturated heterocycles. The van der Waals surface area contributed by atoms with Crippen LogP contribution in [0, 0.1) is 23.7 Å². The molecule has 764 valence electrons. The molecule has 26 N–H and O–H groups in total. The number of ether oxygens (including phenoxy) is 2. The van der Waals surface area contributed by atoms with Gasteiger partial charge in [-0.25, -0.2) is 0 Å². The van der Waals surface area contributed by atoms with Gasteiger partial charge in [-0.3, -0.25) is 105 Å². The maximum absolute atomic E-state index is 14.7. The molecule has 0 aliphatic carbocycles. The number of likely N-dealkylation sites (tertiary alicyclic amines) is 2. The first-order chi connectivity index (χ1) is 67.1. The SMILES string of the molecule is [2H]C1([2H])CCC([2H])(C(=O)NC(CC(C)C)C(=O)NCC(N)=O)N1C(=O)C1CSCCCC(=O)NC(Cc2ccc(OC)cc2)C(=O)NC(C(C)CC)C(=O)NC(CCC(N)=O)C(=O)NC(CC(N)=O)C(=O)N1.[2H]C1([2H])SCCCC(=O)NC(Cc2ccc(OC)cc2)C(=O)NC(C(C)CC)C(=O)NC(CCC(N)=O)C(=O)NC(CC(N)=O)C(=O)NC1C(=O)N1CCCC1C(=O)NC(CC(C)C)C(=O)NCC(N)=O.